The van der Waals surface area contributed by atoms with Crippen LogP contribution >= 0.6 is 0 Å². The highest BCUT2D eigenvalue weighted by atomic mass is 16.5. The molecule has 0 bridgehead atoms. The molecule has 0 saturated carbocycles. The van der Waals surface area contributed by atoms with Crippen molar-refractivity contribution in [1.82, 2.24) is 19.8 Å². The quantitative estimate of drug-likeness (QED) is 0.441. The molecule has 2 fully saturated rings. The fourth-order valence-electron chi connectivity index (χ4n) is 6.00. The van der Waals surface area contributed by atoms with Gasteiger partial charge in [0.05, 0.1) is 25.5 Å². The third kappa shape index (κ3) is 6.17. The molecule has 41 heavy (non-hydrogen) atoms. The van der Waals surface area contributed by atoms with Crippen molar-refractivity contribution in [2.75, 3.05) is 82.0 Å². The number of hydrogen-bond acceptors (Lipinski definition) is 10. The molecule has 11 nitrogen and oxygen atoms in total. The Hall–Kier alpha value is -3.67. The highest BCUT2D eigenvalue weighted by Gasteiger charge is 2.29. The van der Waals surface area contributed by atoms with Gasteiger partial charge < -0.3 is 34.4 Å². The van der Waals surface area contributed by atoms with Gasteiger partial charge in [-0.25, -0.2) is 0 Å². The van der Waals surface area contributed by atoms with E-state index in [1.165, 1.54) is 0 Å². The molecule has 0 spiro atoms. The predicted octanol–water partition coefficient (Wildman–Crippen LogP) is 1.64. The number of nitrogens with zero attached hydrogens (tertiary/aromatic N) is 6. The van der Waals surface area contributed by atoms with E-state index in [2.05, 4.69) is 20.8 Å². The fraction of sp³-hybridized carbons (Fsp3) is 0.500. The smallest absolute Gasteiger partial charge is 0.318 e. The molecule has 3 aromatic rings. The maximum atomic E-state index is 11.9. The number of benzene rings is 2. The number of anilines is 2. The Labute approximate surface area is 239 Å². The third-order valence-electron chi connectivity index (χ3n) is 8.19. The molecule has 2 N–H and O–H groups in total. The lowest BCUT2D eigenvalue weighted by Gasteiger charge is -2.38. The second kappa shape index (κ2) is 12.1. The van der Waals surface area contributed by atoms with Gasteiger partial charge in [0.15, 0.2) is 0 Å². The van der Waals surface area contributed by atoms with E-state index in [1.54, 1.807) is 13.0 Å². The Kier molecular flexibility index (Phi) is 8.09. The van der Waals surface area contributed by atoms with Crippen LogP contribution in [0.15, 0.2) is 36.4 Å². The summed E-state index contributed by atoms with van der Waals surface area (Å²) in [6.45, 7) is 9.09. The van der Waals surface area contributed by atoms with Crippen molar-refractivity contribution >= 4 is 28.2 Å². The minimum Gasteiger partial charge on any atom is -0.508 e. The molecule has 6 rings (SSSR count). The summed E-state index contributed by atoms with van der Waals surface area (Å²) >= 11 is 0. The van der Waals surface area contributed by atoms with Crippen LogP contribution in [0, 0.1) is 0 Å². The van der Waals surface area contributed by atoms with Crippen molar-refractivity contribution in [3.63, 3.8) is 0 Å². The summed E-state index contributed by atoms with van der Waals surface area (Å²) < 4.78 is 11.4. The molecule has 2 aromatic carbocycles. The molecule has 1 aromatic heterocycles. The van der Waals surface area contributed by atoms with Gasteiger partial charge in [-0.15, -0.1) is 0 Å². The molecule has 1 amide bonds. The predicted molar refractivity (Wildman–Crippen MR) is 156 cm³/mol. The first-order valence-electron chi connectivity index (χ1n) is 14.4. The number of piperazine rings is 1. The summed E-state index contributed by atoms with van der Waals surface area (Å²) in [4.78, 5) is 30.1. The second-order valence-electron chi connectivity index (χ2n) is 11.0. The van der Waals surface area contributed by atoms with Crippen LogP contribution in [0.4, 0.5) is 11.5 Å². The number of ether oxygens (including phenoxy) is 2. The number of rotatable bonds is 7. The number of phenols is 1. The molecule has 3 aliphatic heterocycles. The normalized spacial score (nSPS) is 18.8. The van der Waals surface area contributed by atoms with Gasteiger partial charge in [0.1, 0.15) is 24.3 Å². The SMILES string of the molecule is CC(=O)N1CCN(c2nc(OC[C@@H](O)CN3CCOCC3)nc3c2CCN(c2cc(O)cc4ccccc24)C3)CC1. The largest absolute Gasteiger partial charge is 0.508 e. The zero-order chi connectivity index (χ0) is 28.3. The number of aromatic nitrogens is 2. The number of carbonyl (C=O) groups is 1. The monoisotopic (exact) mass is 562 g/mol. The van der Waals surface area contributed by atoms with Crippen LogP contribution in [0.1, 0.15) is 18.2 Å². The lowest BCUT2D eigenvalue weighted by atomic mass is 10.0. The van der Waals surface area contributed by atoms with E-state index < -0.39 is 6.10 Å². The van der Waals surface area contributed by atoms with Crippen molar-refractivity contribution in [3.05, 3.63) is 47.7 Å². The van der Waals surface area contributed by atoms with Gasteiger partial charge in [-0.05, 0) is 17.9 Å². The summed E-state index contributed by atoms with van der Waals surface area (Å²) in [6, 6.07) is 11.9. The van der Waals surface area contributed by atoms with Crippen LogP contribution in [0.25, 0.3) is 10.8 Å². The first kappa shape index (κ1) is 27.5. The molecule has 0 aliphatic carbocycles. The molecule has 4 heterocycles. The maximum absolute atomic E-state index is 11.9. The zero-order valence-electron chi connectivity index (χ0n) is 23.5. The number of amides is 1. The van der Waals surface area contributed by atoms with Gasteiger partial charge >= 0.3 is 6.01 Å². The lowest BCUT2D eigenvalue weighted by Crippen LogP contribution is -2.49. The minimum atomic E-state index is -0.676. The van der Waals surface area contributed by atoms with Gasteiger partial charge in [-0.1, -0.05) is 24.3 Å². The Morgan fingerprint density at radius 2 is 1.80 bits per heavy atom. The first-order chi connectivity index (χ1) is 19.9. The number of aromatic hydroxyl groups is 1. The van der Waals surface area contributed by atoms with Crippen molar-refractivity contribution in [1.29, 1.82) is 0 Å². The average Bonchev–Trinajstić information content (AvgIpc) is 2.99. The molecule has 218 valence electrons. The second-order valence-corrected chi connectivity index (χ2v) is 11.0. The summed E-state index contributed by atoms with van der Waals surface area (Å²) in [5.41, 5.74) is 2.92. The van der Waals surface area contributed by atoms with Crippen LogP contribution in [-0.4, -0.2) is 114 Å². The van der Waals surface area contributed by atoms with E-state index in [4.69, 9.17) is 19.4 Å². The van der Waals surface area contributed by atoms with Crippen LogP contribution in [0.5, 0.6) is 11.8 Å². The molecule has 1 atom stereocenters. The zero-order valence-corrected chi connectivity index (χ0v) is 23.5. The fourth-order valence-corrected chi connectivity index (χ4v) is 6.00. The molecule has 11 heteroatoms. The average molecular weight is 563 g/mol. The number of phenolic OH excluding ortho intramolecular Hbond substituents is 1. The molecule has 2 saturated heterocycles. The number of hydrogen-bond donors (Lipinski definition) is 2. The van der Waals surface area contributed by atoms with Crippen molar-refractivity contribution < 1.29 is 24.5 Å². The van der Waals surface area contributed by atoms with Crippen LogP contribution in [-0.2, 0) is 22.5 Å². The lowest BCUT2D eigenvalue weighted by molar-refractivity contribution is -0.129. The number of carbonyl (C=O) groups excluding carboxylic acids is 1. The van der Waals surface area contributed by atoms with Crippen LogP contribution in [0.3, 0.4) is 0 Å². The number of aliphatic hydroxyl groups excluding tert-OH is 1. The topological polar surface area (TPSA) is 115 Å². The van der Waals surface area contributed by atoms with Crippen LogP contribution in [0.2, 0.25) is 0 Å². The van der Waals surface area contributed by atoms with E-state index in [1.807, 2.05) is 29.2 Å². The van der Waals surface area contributed by atoms with Crippen LogP contribution < -0.4 is 14.5 Å². The third-order valence-corrected chi connectivity index (χ3v) is 8.19. The summed E-state index contributed by atoms with van der Waals surface area (Å²) in [5.74, 6) is 1.16. The van der Waals surface area contributed by atoms with Crippen molar-refractivity contribution in [2.24, 2.45) is 0 Å². The Morgan fingerprint density at radius 1 is 1.02 bits per heavy atom. The Balaban J connectivity index is 1.26. The number of morpholine rings is 1. The Morgan fingerprint density at radius 3 is 2.59 bits per heavy atom. The summed E-state index contributed by atoms with van der Waals surface area (Å²) in [5, 5.41) is 23.2. The van der Waals surface area contributed by atoms with Gasteiger partial charge in [0.2, 0.25) is 5.91 Å². The molecule has 3 aliphatic rings. The van der Waals surface area contributed by atoms with Gasteiger partial charge in [0.25, 0.3) is 0 Å². The van der Waals surface area contributed by atoms with E-state index >= 15 is 0 Å². The standard InChI is InChI=1S/C30H38N6O5/c1-21(37)34-8-10-35(11-9-34)29-26-6-7-36(28-17-23(38)16-22-4-2-3-5-25(22)28)19-27(26)31-30(32-29)41-20-24(39)18-33-12-14-40-15-13-33/h2-5,16-17,24,38-39H,6-15,18-20H2,1H3/t24-/m0/s1. The number of β-amino-alcohol motifs (C(OH)–C–C–N with tert-alkyl or cyclic N) is 1. The minimum absolute atomic E-state index is 0.0848. The molecule has 0 unspecified atom stereocenters. The summed E-state index contributed by atoms with van der Waals surface area (Å²) in [7, 11) is 0. The van der Waals surface area contributed by atoms with Gasteiger partial charge in [-0.2, -0.15) is 9.97 Å². The van der Waals surface area contributed by atoms with Gasteiger partial charge in [-0.3, -0.25) is 9.69 Å². The van der Waals surface area contributed by atoms with E-state index in [0.717, 1.165) is 59.6 Å². The van der Waals surface area contributed by atoms with Gasteiger partial charge in [0, 0.05) is 82.0 Å². The Bertz CT molecular complexity index is 1390. The highest BCUT2D eigenvalue weighted by molar-refractivity contribution is 5.95. The molecular formula is C30H38N6O5. The number of aliphatic hydroxyl groups is 1. The molecule has 0 radical (unpaired) electrons. The van der Waals surface area contributed by atoms with E-state index in [0.29, 0.717) is 52.5 Å². The maximum Gasteiger partial charge on any atom is 0.318 e. The summed E-state index contributed by atoms with van der Waals surface area (Å²) in [6.07, 6.45) is 0.0621. The van der Waals surface area contributed by atoms with E-state index in [-0.39, 0.29) is 24.3 Å². The molecular weight excluding hydrogens is 524 g/mol. The first-order valence-corrected chi connectivity index (χ1v) is 14.4. The van der Waals surface area contributed by atoms with Crippen molar-refractivity contribution in [3.8, 4) is 11.8 Å². The van der Waals surface area contributed by atoms with Crippen molar-refractivity contribution in [2.45, 2.75) is 26.0 Å². The highest BCUT2D eigenvalue weighted by Crippen LogP contribution is 2.36. The number of fused-ring (bicyclic) bond motifs is 2. The van der Waals surface area contributed by atoms with E-state index in [9.17, 15) is 15.0 Å².